The van der Waals surface area contributed by atoms with Gasteiger partial charge in [0.25, 0.3) is 0 Å². The van der Waals surface area contributed by atoms with Crippen molar-refractivity contribution in [2.24, 2.45) is 0 Å². The topological polar surface area (TPSA) is 62.2 Å². The van der Waals surface area contributed by atoms with Crippen molar-refractivity contribution >= 4 is 5.97 Å². The van der Waals surface area contributed by atoms with Crippen molar-refractivity contribution in [3.63, 3.8) is 0 Å². The molecular weight excluding hydrogens is 199 g/mol. The van der Waals surface area contributed by atoms with Gasteiger partial charge in [0.15, 0.2) is 0 Å². The summed E-state index contributed by atoms with van der Waals surface area (Å²) in [6, 6.07) is 1.94. The van der Waals surface area contributed by atoms with Gasteiger partial charge in [-0.2, -0.15) is 0 Å². The summed E-state index contributed by atoms with van der Waals surface area (Å²) in [7, 11) is 0. The number of aliphatic carboxylic acids is 1. The van der Waals surface area contributed by atoms with Crippen molar-refractivity contribution in [1.29, 1.82) is 0 Å². The highest BCUT2D eigenvalue weighted by Gasteiger charge is 2.15. The van der Waals surface area contributed by atoms with Gasteiger partial charge in [0.2, 0.25) is 0 Å². The first kappa shape index (κ1) is 11.6. The molecule has 0 aliphatic heterocycles. The van der Waals surface area contributed by atoms with Crippen LogP contribution in [0.15, 0.2) is 18.3 Å². The van der Waals surface area contributed by atoms with E-state index in [2.05, 4.69) is 10.3 Å². The van der Waals surface area contributed by atoms with Crippen LogP contribution in [0.3, 0.4) is 0 Å². The number of hydrogen-bond donors (Lipinski definition) is 2. The predicted octanol–water partition coefficient (Wildman–Crippen LogP) is 1.34. The Kier molecular flexibility index (Phi) is 3.74. The molecule has 2 unspecified atom stereocenters. The number of carboxylic acids is 1. The summed E-state index contributed by atoms with van der Waals surface area (Å²) in [5, 5.41) is 11.5. The van der Waals surface area contributed by atoms with E-state index in [1.807, 2.05) is 0 Å². The molecule has 0 aromatic carbocycles. The highest BCUT2D eigenvalue weighted by molar-refractivity contribution is 5.72. The number of pyridine rings is 1. The largest absolute Gasteiger partial charge is 0.480 e. The Morgan fingerprint density at radius 1 is 1.53 bits per heavy atom. The molecule has 0 fully saturated rings. The molecule has 1 aromatic rings. The molecule has 0 saturated carbocycles. The molecule has 2 N–H and O–H groups in total. The molecule has 4 nitrogen and oxygen atoms in total. The van der Waals surface area contributed by atoms with Crippen LogP contribution in [0.5, 0.6) is 0 Å². The number of nitrogens with zero attached hydrogens (tertiary/aromatic N) is 1. The maximum atomic E-state index is 12.6. The predicted molar refractivity (Wildman–Crippen MR) is 52.8 cm³/mol. The number of carbonyl (C=O) groups is 1. The van der Waals surface area contributed by atoms with Gasteiger partial charge < -0.3 is 5.11 Å². The second-order valence-corrected chi connectivity index (χ2v) is 3.35. The molecule has 0 spiro atoms. The molecular formula is C10H13FN2O2. The standard InChI is InChI=1S/C10H13FN2O2/c1-6(13-7(2)10(14)15)9-4-3-8(11)5-12-9/h3-7,13H,1-2H3,(H,14,15). The lowest BCUT2D eigenvalue weighted by Gasteiger charge is -2.16. The Hall–Kier alpha value is -1.49. The second-order valence-electron chi connectivity index (χ2n) is 3.35. The fourth-order valence-electron chi connectivity index (χ4n) is 1.18. The first-order valence-electron chi connectivity index (χ1n) is 4.61. The number of carboxylic acid groups (broad SMARTS) is 1. The van der Waals surface area contributed by atoms with E-state index in [0.717, 1.165) is 6.20 Å². The van der Waals surface area contributed by atoms with Crippen LogP contribution in [0.25, 0.3) is 0 Å². The monoisotopic (exact) mass is 212 g/mol. The van der Waals surface area contributed by atoms with Gasteiger partial charge in [-0.05, 0) is 26.0 Å². The molecule has 1 aromatic heterocycles. The molecule has 2 atom stereocenters. The number of aromatic nitrogens is 1. The zero-order valence-electron chi connectivity index (χ0n) is 8.57. The van der Waals surface area contributed by atoms with E-state index < -0.39 is 17.8 Å². The first-order chi connectivity index (χ1) is 7.00. The fourth-order valence-corrected chi connectivity index (χ4v) is 1.18. The van der Waals surface area contributed by atoms with E-state index in [0.29, 0.717) is 5.69 Å². The molecule has 0 saturated heterocycles. The average Bonchev–Trinajstić information content (AvgIpc) is 2.18. The first-order valence-corrected chi connectivity index (χ1v) is 4.61. The van der Waals surface area contributed by atoms with Crippen molar-refractivity contribution in [2.75, 3.05) is 0 Å². The lowest BCUT2D eigenvalue weighted by atomic mass is 10.2. The normalized spacial score (nSPS) is 14.6. The van der Waals surface area contributed by atoms with Gasteiger partial charge in [-0.3, -0.25) is 15.1 Å². The van der Waals surface area contributed by atoms with Gasteiger partial charge in [-0.15, -0.1) is 0 Å². The number of hydrogen-bond acceptors (Lipinski definition) is 3. The molecule has 0 amide bonds. The summed E-state index contributed by atoms with van der Waals surface area (Å²) in [4.78, 5) is 14.4. The summed E-state index contributed by atoms with van der Waals surface area (Å²) >= 11 is 0. The van der Waals surface area contributed by atoms with E-state index in [9.17, 15) is 9.18 Å². The number of nitrogens with one attached hydrogen (secondary N) is 1. The lowest BCUT2D eigenvalue weighted by Crippen LogP contribution is -2.35. The van der Waals surface area contributed by atoms with E-state index in [1.54, 1.807) is 13.8 Å². The molecule has 0 aliphatic carbocycles. The Morgan fingerprint density at radius 3 is 2.67 bits per heavy atom. The number of halogens is 1. The Labute approximate surface area is 87.1 Å². The third-order valence-electron chi connectivity index (χ3n) is 2.06. The summed E-state index contributed by atoms with van der Waals surface area (Å²) in [6.45, 7) is 3.32. The van der Waals surface area contributed by atoms with Crippen LogP contribution in [-0.2, 0) is 4.79 Å². The third kappa shape index (κ3) is 3.28. The van der Waals surface area contributed by atoms with Crippen molar-refractivity contribution in [3.8, 4) is 0 Å². The molecule has 1 rings (SSSR count). The van der Waals surface area contributed by atoms with Crippen LogP contribution in [0.4, 0.5) is 4.39 Å². The Bertz CT molecular complexity index is 340. The highest BCUT2D eigenvalue weighted by atomic mass is 19.1. The molecule has 1 heterocycles. The van der Waals surface area contributed by atoms with Crippen molar-refractivity contribution in [3.05, 3.63) is 29.8 Å². The smallest absolute Gasteiger partial charge is 0.320 e. The minimum absolute atomic E-state index is 0.225. The van der Waals surface area contributed by atoms with E-state index >= 15 is 0 Å². The van der Waals surface area contributed by atoms with Crippen LogP contribution < -0.4 is 5.32 Å². The molecule has 15 heavy (non-hydrogen) atoms. The number of rotatable bonds is 4. The van der Waals surface area contributed by atoms with Crippen molar-refractivity contribution < 1.29 is 14.3 Å². The van der Waals surface area contributed by atoms with Gasteiger partial charge in [0.1, 0.15) is 11.9 Å². The van der Waals surface area contributed by atoms with Gasteiger partial charge in [-0.25, -0.2) is 4.39 Å². The quantitative estimate of drug-likeness (QED) is 0.790. The van der Waals surface area contributed by atoms with E-state index in [4.69, 9.17) is 5.11 Å². The Morgan fingerprint density at radius 2 is 2.20 bits per heavy atom. The zero-order valence-corrected chi connectivity index (χ0v) is 8.57. The summed E-state index contributed by atoms with van der Waals surface area (Å²) < 4.78 is 12.6. The molecule has 82 valence electrons. The fraction of sp³-hybridized carbons (Fsp3) is 0.400. The highest BCUT2D eigenvalue weighted by Crippen LogP contribution is 2.10. The minimum atomic E-state index is -0.927. The maximum Gasteiger partial charge on any atom is 0.320 e. The SMILES string of the molecule is CC(NC(C)c1ccc(F)cn1)C(=O)O. The molecule has 0 aliphatic rings. The second kappa shape index (κ2) is 4.84. The van der Waals surface area contributed by atoms with Gasteiger partial charge in [-0.1, -0.05) is 0 Å². The van der Waals surface area contributed by atoms with Crippen molar-refractivity contribution in [2.45, 2.75) is 25.9 Å². The average molecular weight is 212 g/mol. The third-order valence-corrected chi connectivity index (χ3v) is 2.06. The van der Waals surface area contributed by atoms with Crippen LogP contribution in [-0.4, -0.2) is 22.1 Å². The zero-order chi connectivity index (χ0) is 11.4. The van der Waals surface area contributed by atoms with Crippen LogP contribution in [0, 0.1) is 5.82 Å². The summed E-state index contributed by atoms with van der Waals surface area (Å²) in [6.07, 6.45) is 1.11. The summed E-state index contributed by atoms with van der Waals surface area (Å²) in [5.74, 6) is -1.33. The molecule has 0 radical (unpaired) electrons. The lowest BCUT2D eigenvalue weighted by molar-refractivity contribution is -0.139. The molecule has 0 bridgehead atoms. The van der Waals surface area contributed by atoms with Gasteiger partial charge in [0, 0.05) is 6.04 Å². The van der Waals surface area contributed by atoms with Crippen LogP contribution in [0.1, 0.15) is 25.6 Å². The van der Waals surface area contributed by atoms with E-state index in [-0.39, 0.29) is 6.04 Å². The van der Waals surface area contributed by atoms with Crippen LogP contribution in [0.2, 0.25) is 0 Å². The van der Waals surface area contributed by atoms with Gasteiger partial charge >= 0.3 is 5.97 Å². The Balaban J connectivity index is 2.64. The van der Waals surface area contributed by atoms with Crippen molar-refractivity contribution in [1.82, 2.24) is 10.3 Å². The summed E-state index contributed by atoms with van der Waals surface area (Å²) in [5.41, 5.74) is 0.615. The minimum Gasteiger partial charge on any atom is -0.480 e. The van der Waals surface area contributed by atoms with E-state index in [1.165, 1.54) is 12.1 Å². The maximum absolute atomic E-state index is 12.6. The van der Waals surface area contributed by atoms with Crippen LogP contribution >= 0.6 is 0 Å². The molecule has 5 heteroatoms. The van der Waals surface area contributed by atoms with Gasteiger partial charge in [0.05, 0.1) is 11.9 Å².